The molecule has 1 aliphatic carbocycles. The molecule has 1 saturated heterocycles. The van der Waals surface area contributed by atoms with Gasteiger partial charge < -0.3 is 9.64 Å². The standard InChI is InChI=1S/C25H26ClF3N2O3S/c1-35-30-23(32)20-12-19(15-2-3-15)16(10-22(20)28)13-34-14-25(29)6-8-31(9-7-25)24(33)18-5-4-17(27)11-21(18)26/h4-5,10-12,15H,2-3,6-9,13-14H2,1H3,(H,30,32). The molecule has 0 bridgehead atoms. The van der Waals surface area contributed by atoms with E-state index in [4.69, 9.17) is 16.3 Å². The predicted molar refractivity (Wildman–Crippen MR) is 129 cm³/mol. The maximum Gasteiger partial charge on any atom is 0.264 e. The largest absolute Gasteiger partial charge is 0.373 e. The van der Waals surface area contributed by atoms with E-state index in [2.05, 4.69) is 4.72 Å². The molecule has 1 aliphatic heterocycles. The highest BCUT2D eigenvalue weighted by atomic mass is 35.5. The lowest BCUT2D eigenvalue weighted by Gasteiger charge is -2.36. The molecule has 2 aromatic carbocycles. The number of nitrogens with zero attached hydrogens (tertiary/aromatic N) is 1. The fourth-order valence-corrected chi connectivity index (χ4v) is 4.83. The van der Waals surface area contributed by atoms with E-state index in [-0.39, 0.29) is 67.1 Å². The number of benzene rings is 2. The summed E-state index contributed by atoms with van der Waals surface area (Å²) in [4.78, 5) is 26.3. The minimum atomic E-state index is -1.63. The molecule has 1 N–H and O–H groups in total. The van der Waals surface area contributed by atoms with E-state index >= 15 is 4.39 Å². The van der Waals surface area contributed by atoms with Gasteiger partial charge in [0.25, 0.3) is 11.8 Å². The molecule has 2 fully saturated rings. The Kier molecular flexibility index (Phi) is 7.98. The van der Waals surface area contributed by atoms with Gasteiger partial charge in [0.15, 0.2) is 0 Å². The van der Waals surface area contributed by atoms with Crippen molar-refractivity contribution in [1.29, 1.82) is 0 Å². The number of carbonyl (C=O) groups is 2. The third-order valence-electron chi connectivity index (χ3n) is 6.41. The molecule has 0 spiro atoms. The number of carbonyl (C=O) groups excluding carboxylic acids is 2. The number of rotatable bonds is 8. The Bertz CT molecular complexity index is 1120. The lowest BCUT2D eigenvalue weighted by Crippen LogP contribution is -2.46. The van der Waals surface area contributed by atoms with Crippen LogP contribution in [-0.2, 0) is 11.3 Å². The summed E-state index contributed by atoms with van der Waals surface area (Å²) >= 11 is 7.09. The molecular formula is C25H26ClF3N2O3S. The minimum absolute atomic E-state index is 0.00902. The molecule has 1 heterocycles. The monoisotopic (exact) mass is 526 g/mol. The van der Waals surface area contributed by atoms with Crippen LogP contribution in [0.25, 0.3) is 0 Å². The van der Waals surface area contributed by atoms with Crippen molar-refractivity contribution in [3.05, 3.63) is 69.2 Å². The van der Waals surface area contributed by atoms with Crippen LogP contribution >= 0.6 is 23.5 Å². The molecule has 10 heteroatoms. The Morgan fingerprint density at radius 1 is 1.17 bits per heavy atom. The second-order valence-electron chi connectivity index (χ2n) is 9.00. The van der Waals surface area contributed by atoms with Crippen LogP contribution in [0.2, 0.25) is 5.02 Å². The van der Waals surface area contributed by atoms with Crippen LogP contribution in [-0.4, -0.2) is 48.3 Å². The SMILES string of the molecule is CSNC(=O)c1cc(C2CC2)c(COCC2(F)CCN(C(=O)c3ccc(F)cc3Cl)CC2)cc1F. The van der Waals surface area contributed by atoms with E-state index in [1.165, 1.54) is 17.0 Å². The molecule has 0 radical (unpaired) electrons. The molecule has 5 nitrogen and oxygen atoms in total. The number of hydrogen-bond donors (Lipinski definition) is 1. The molecule has 35 heavy (non-hydrogen) atoms. The average Bonchev–Trinajstić information content (AvgIpc) is 3.65. The third-order valence-corrected chi connectivity index (χ3v) is 7.11. The Morgan fingerprint density at radius 2 is 1.89 bits per heavy atom. The van der Waals surface area contributed by atoms with Crippen LogP contribution < -0.4 is 4.72 Å². The zero-order valence-electron chi connectivity index (χ0n) is 19.2. The second kappa shape index (κ2) is 10.8. The van der Waals surface area contributed by atoms with Gasteiger partial charge in [-0.05, 0) is 60.2 Å². The van der Waals surface area contributed by atoms with E-state index in [1.54, 1.807) is 12.3 Å². The number of likely N-dealkylation sites (tertiary alicyclic amines) is 1. The highest BCUT2D eigenvalue weighted by molar-refractivity contribution is 7.97. The van der Waals surface area contributed by atoms with Crippen LogP contribution in [0.5, 0.6) is 0 Å². The van der Waals surface area contributed by atoms with Crippen molar-refractivity contribution in [3.8, 4) is 0 Å². The summed E-state index contributed by atoms with van der Waals surface area (Å²) in [5.41, 5.74) is 0.0278. The first kappa shape index (κ1) is 25.9. The Morgan fingerprint density at radius 3 is 2.51 bits per heavy atom. The summed E-state index contributed by atoms with van der Waals surface area (Å²) < 4.78 is 51.5. The molecule has 188 valence electrons. The summed E-state index contributed by atoms with van der Waals surface area (Å²) in [6, 6.07) is 6.45. The molecule has 2 aliphatic rings. The van der Waals surface area contributed by atoms with Gasteiger partial charge in [-0.3, -0.25) is 14.3 Å². The lowest BCUT2D eigenvalue weighted by molar-refractivity contribution is -0.0274. The van der Waals surface area contributed by atoms with Gasteiger partial charge in [0, 0.05) is 32.2 Å². The van der Waals surface area contributed by atoms with Gasteiger partial charge in [-0.15, -0.1) is 0 Å². The highest BCUT2D eigenvalue weighted by Crippen LogP contribution is 2.43. The van der Waals surface area contributed by atoms with Gasteiger partial charge in [0.1, 0.15) is 17.3 Å². The quantitative estimate of drug-likeness (QED) is 0.451. The highest BCUT2D eigenvalue weighted by Gasteiger charge is 2.37. The van der Waals surface area contributed by atoms with Gasteiger partial charge in [0.05, 0.1) is 29.4 Å². The average molecular weight is 527 g/mol. The van der Waals surface area contributed by atoms with Gasteiger partial charge >= 0.3 is 0 Å². The lowest BCUT2D eigenvalue weighted by atomic mass is 9.93. The summed E-state index contributed by atoms with van der Waals surface area (Å²) in [5.74, 6) is -1.78. The zero-order valence-corrected chi connectivity index (χ0v) is 20.8. The minimum Gasteiger partial charge on any atom is -0.373 e. The zero-order chi connectivity index (χ0) is 25.2. The normalized spacial score (nSPS) is 17.3. The van der Waals surface area contributed by atoms with Crippen LogP contribution in [0.4, 0.5) is 13.2 Å². The maximum atomic E-state index is 15.4. The molecule has 0 aromatic heterocycles. The summed E-state index contributed by atoms with van der Waals surface area (Å²) in [6.45, 7) is 0.195. The van der Waals surface area contributed by atoms with Crippen molar-refractivity contribution in [2.75, 3.05) is 26.0 Å². The van der Waals surface area contributed by atoms with Crippen molar-refractivity contribution < 1.29 is 27.5 Å². The van der Waals surface area contributed by atoms with E-state index < -0.39 is 23.2 Å². The maximum absolute atomic E-state index is 15.4. The van der Waals surface area contributed by atoms with Crippen molar-refractivity contribution in [1.82, 2.24) is 9.62 Å². The van der Waals surface area contributed by atoms with Crippen LogP contribution in [0, 0.1) is 11.6 Å². The fourth-order valence-electron chi connectivity index (χ4n) is 4.28. The van der Waals surface area contributed by atoms with E-state index in [1.807, 2.05) is 0 Å². The third kappa shape index (κ3) is 6.13. The molecule has 4 rings (SSSR count). The van der Waals surface area contributed by atoms with Crippen molar-refractivity contribution in [3.63, 3.8) is 0 Å². The van der Waals surface area contributed by atoms with Gasteiger partial charge in [-0.2, -0.15) is 0 Å². The first-order valence-corrected chi connectivity index (χ1v) is 13.0. The smallest absolute Gasteiger partial charge is 0.264 e. The molecular weight excluding hydrogens is 501 g/mol. The Balaban J connectivity index is 1.35. The van der Waals surface area contributed by atoms with Gasteiger partial charge in [-0.1, -0.05) is 23.5 Å². The van der Waals surface area contributed by atoms with E-state index in [9.17, 15) is 18.4 Å². The van der Waals surface area contributed by atoms with Crippen LogP contribution in [0.1, 0.15) is 63.4 Å². The number of piperidine rings is 1. The number of nitrogens with one attached hydrogen (secondary N) is 1. The number of halogens is 4. The van der Waals surface area contributed by atoms with Gasteiger partial charge in [0.2, 0.25) is 0 Å². The number of hydrogen-bond acceptors (Lipinski definition) is 4. The van der Waals surface area contributed by atoms with Crippen molar-refractivity contribution in [2.24, 2.45) is 0 Å². The van der Waals surface area contributed by atoms with Crippen LogP contribution in [0.15, 0.2) is 30.3 Å². The van der Waals surface area contributed by atoms with Crippen molar-refractivity contribution >= 4 is 35.4 Å². The fraction of sp³-hybridized carbons (Fsp3) is 0.440. The van der Waals surface area contributed by atoms with Gasteiger partial charge in [-0.25, -0.2) is 13.2 Å². The van der Waals surface area contributed by atoms with E-state index in [0.29, 0.717) is 5.56 Å². The van der Waals surface area contributed by atoms with E-state index in [0.717, 1.165) is 42.5 Å². The molecule has 2 aromatic rings. The summed E-state index contributed by atoms with van der Waals surface area (Å²) in [6.07, 6.45) is 3.75. The predicted octanol–water partition coefficient (Wildman–Crippen LogP) is 5.66. The van der Waals surface area contributed by atoms with Crippen molar-refractivity contribution in [2.45, 2.75) is 43.9 Å². The Hall–Kier alpha value is -2.23. The second-order valence-corrected chi connectivity index (χ2v) is 10.0. The molecule has 1 saturated carbocycles. The number of amides is 2. The number of alkyl halides is 1. The molecule has 2 amide bonds. The Labute approximate surface area is 211 Å². The number of ether oxygens (including phenoxy) is 1. The molecule has 0 atom stereocenters. The van der Waals surface area contributed by atoms with Crippen LogP contribution in [0.3, 0.4) is 0 Å². The first-order chi connectivity index (χ1) is 16.7. The molecule has 0 unspecified atom stereocenters. The summed E-state index contributed by atoms with van der Waals surface area (Å²) in [5, 5.41) is 0.0195. The first-order valence-electron chi connectivity index (χ1n) is 11.4. The summed E-state index contributed by atoms with van der Waals surface area (Å²) in [7, 11) is 0. The topological polar surface area (TPSA) is 58.6 Å².